The van der Waals surface area contributed by atoms with E-state index in [4.69, 9.17) is 4.74 Å². The van der Waals surface area contributed by atoms with Crippen molar-refractivity contribution in [1.82, 2.24) is 15.3 Å². The number of hydrogen-bond donors (Lipinski definition) is 1. The van der Waals surface area contributed by atoms with Crippen molar-refractivity contribution in [2.45, 2.75) is 33.4 Å². The van der Waals surface area contributed by atoms with Crippen LogP contribution in [0.2, 0.25) is 0 Å². The third-order valence-electron chi connectivity index (χ3n) is 1.89. The maximum atomic E-state index is 5.41. The van der Waals surface area contributed by atoms with Crippen LogP contribution in [-0.2, 0) is 17.9 Å². The molecule has 84 valence electrons. The van der Waals surface area contributed by atoms with Crippen molar-refractivity contribution >= 4 is 0 Å². The second kappa shape index (κ2) is 6.48. The minimum Gasteiger partial charge on any atom is -0.373 e. The predicted octanol–water partition coefficient (Wildman–Crippen LogP) is 1.43. The topological polar surface area (TPSA) is 47.0 Å². The Morgan fingerprint density at radius 3 is 2.87 bits per heavy atom. The summed E-state index contributed by atoms with van der Waals surface area (Å²) in [7, 11) is 1.91. The first-order valence-corrected chi connectivity index (χ1v) is 5.32. The lowest BCUT2D eigenvalue weighted by Crippen LogP contribution is -2.10. The molecule has 1 rings (SSSR count). The van der Waals surface area contributed by atoms with E-state index in [-0.39, 0.29) is 0 Å². The Balaban J connectivity index is 2.62. The standard InChI is InChI=1S/C11H19N3O/c1-4-5-15-8-11-13-9(2)6-10(14-11)7-12-3/h6,12H,4-5,7-8H2,1-3H3. The average molecular weight is 209 g/mol. The summed E-state index contributed by atoms with van der Waals surface area (Å²) in [6, 6.07) is 1.99. The molecule has 0 aromatic carbocycles. The van der Waals surface area contributed by atoms with Gasteiger partial charge in [-0.1, -0.05) is 6.92 Å². The van der Waals surface area contributed by atoms with Gasteiger partial charge in [-0.05, 0) is 26.5 Å². The Morgan fingerprint density at radius 1 is 1.40 bits per heavy atom. The van der Waals surface area contributed by atoms with E-state index in [2.05, 4.69) is 22.2 Å². The van der Waals surface area contributed by atoms with Gasteiger partial charge in [0.05, 0.1) is 5.69 Å². The van der Waals surface area contributed by atoms with E-state index >= 15 is 0 Å². The molecule has 0 aliphatic heterocycles. The first kappa shape index (κ1) is 12.1. The third kappa shape index (κ3) is 4.36. The SMILES string of the molecule is CCCOCc1nc(C)cc(CNC)n1. The van der Waals surface area contributed by atoms with Crippen LogP contribution < -0.4 is 5.32 Å². The Bertz CT molecular complexity index is 302. The van der Waals surface area contributed by atoms with E-state index in [1.54, 1.807) is 0 Å². The zero-order valence-corrected chi connectivity index (χ0v) is 9.71. The van der Waals surface area contributed by atoms with Gasteiger partial charge >= 0.3 is 0 Å². The lowest BCUT2D eigenvalue weighted by molar-refractivity contribution is 0.115. The number of aromatic nitrogens is 2. The van der Waals surface area contributed by atoms with E-state index in [0.29, 0.717) is 6.61 Å². The minimum atomic E-state index is 0.506. The van der Waals surface area contributed by atoms with Crippen LogP contribution >= 0.6 is 0 Å². The van der Waals surface area contributed by atoms with Gasteiger partial charge in [-0.15, -0.1) is 0 Å². The Morgan fingerprint density at radius 2 is 2.20 bits per heavy atom. The van der Waals surface area contributed by atoms with Gasteiger partial charge < -0.3 is 10.1 Å². The van der Waals surface area contributed by atoms with Gasteiger partial charge in [0.25, 0.3) is 0 Å². The number of nitrogens with one attached hydrogen (secondary N) is 1. The van der Waals surface area contributed by atoms with Crippen LogP contribution in [0.5, 0.6) is 0 Å². The third-order valence-corrected chi connectivity index (χ3v) is 1.89. The molecular weight excluding hydrogens is 190 g/mol. The largest absolute Gasteiger partial charge is 0.373 e. The lowest BCUT2D eigenvalue weighted by atomic mass is 10.3. The first-order chi connectivity index (χ1) is 7.26. The van der Waals surface area contributed by atoms with Gasteiger partial charge in [-0.25, -0.2) is 9.97 Å². The van der Waals surface area contributed by atoms with E-state index in [1.165, 1.54) is 0 Å². The molecule has 0 unspecified atom stereocenters. The smallest absolute Gasteiger partial charge is 0.154 e. The quantitative estimate of drug-likeness (QED) is 0.720. The average Bonchev–Trinajstić information content (AvgIpc) is 2.18. The maximum Gasteiger partial charge on any atom is 0.154 e. The molecule has 1 heterocycles. The summed E-state index contributed by atoms with van der Waals surface area (Å²) in [4.78, 5) is 8.72. The molecule has 0 aliphatic carbocycles. The van der Waals surface area contributed by atoms with Crippen molar-refractivity contribution in [3.05, 3.63) is 23.3 Å². The monoisotopic (exact) mass is 209 g/mol. The highest BCUT2D eigenvalue weighted by Gasteiger charge is 2.01. The molecule has 0 bridgehead atoms. The molecule has 0 saturated heterocycles. The molecule has 15 heavy (non-hydrogen) atoms. The van der Waals surface area contributed by atoms with Crippen molar-refractivity contribution in [2.24, 2.45) is 0 Å². The van der Waals surface area contributed by atoms with Crippen molar-refractivity contribution in [3.8, 4) is 0 Å². The van der Waals surface area contributed by atoms with Crippen LogP contribution in [-0.4, -0.2) is 23.6 Å². The second-order valence-corrected chi connectivity index (χ2v) is 3.50. The van der Waals surface area contributed by atoms with Crippen LogP contribution in [0, 0.1) is 6.92 Å². The molecule has 0 spiro atoms. The number of ether oxygens (including phenoxy) is 1. The van der Waals surface area contributed by atoms with Crippen molar-refractivity contribution < 1.29 is 4.74 Å². The Kier molecular flexibility index (Phi) is 5.21. The zero-order chi connectivity index (χ0) is 11.1. The molecule has 0 saturated carbocycles. The molecule has 0 atom stereocenters. The van der Waals surface area contributed by atoms with Gasteiger partial charge in [0.2, 0.25) is 0 Å². The molecule has 1 N–H and O–H groups in total. The highest BCUT2D eigenvalue weighted by atomic mass is 16.5. The summed E-state index contributed by atoms with van der Waals surface area (Å²) in [5.41, 5.74) is 2.01. The molecule has 1 aromatic heterocycles. The summed E-state index contributed by atoms with van der Waals surface area (Å²) in [5.74, 6) is 0.772. The number of rotatable bonds is 6. The summed E-state index contributed by atoms with van der Waals surface area (Å²) in [5, 5.41) is 3.07. The fraction of sp³-hybridized carbons (Fsp3) is 0.636. The van der Waals surface area contributed by atoms with Crippen LogP contribution in [0.4, 0.5) is 0 Å². The zero-order valence-electron chi connectivity index (χ0n) is 9.71. The van der Waals surface area contributed by atoms with Crippen LogP contribution in [0.25, 0.3) is 0 Å². The van der Waals surface area contributed by atoms with Gasteiger partial charge in [-0.2, -0.15) is 0 Å². The number of aryl methyl sites for hydroxylation is 1. The normalized spacial score (nSPS) is 10.6. The molecule has 0 fully saturated rings. The van der Waals surface area contributed by atoms with E-state index in [9.17, 15) is 0 Å². The van der Waals surface area contributed by atoms with Gasteiger partial charge in [0, 0.05) is 18.8 Å². The van der Waals surface area contributed by atoms with Crippen molar-refractivity contribution in [1.29, 1.82) is 0 Å². The van der Waals surface area contributed by atoms with E-state index in [1.807, 2.05) is 20.0 Å². The van der Waals surface area contributed by atoms with E-state index in [0.717, 1.165) is 36.8 Å². The summed E-state index contributed by atoms with van der Waals surface area (Å²) in [6.45, 7) is 6.10. The predicted molar refractivity (Wildman–Crippen MR) is 59.5 cm³/mol. The number of nitrogens with zero attached hydrogens (tertiary/aromatic N) is 2. The van der Waals surface area contributed by atoms with Crippen LogP contribution in [0.15, 0.2) is 6.07 Å². The second-order valence-electron chi connectivity index (χ2n) is 3.50. The fourth-order valence-corrected chi connectivity index (χ4v) is 1.34. The molecule has 1 aromatic rings. The van der Waals surface area contributed by atoms with Gasteiger partial charge in [0.15, 0.2) is 5.82 Å². The molecule has 0 amide bonds. The molecule has 0 aliphatic rings. The van der Waals surface area contributed by atoms with Crippen LogP contribution in [0.3, 0.4) is 0 Å². The fourth-order valence-electron chi connectivity index (χ4n) is 1.34. The van der Waals surface area contributed by atoms with Gasteiger partial charge in [0.1, 0.15) is 6.61 Å². The van der Waals surface area contributed by atoms with Crippen LogP contribution in [0.1, 0.15) is 30.6 Å². The van der Waals surface area contributed by atoms with Crippen molar-refractivity contribution in [2.75, 3.05) is 13.7 Å². The molecule has 0 radical (unpaired) electrons. The highest BCUT2D eigenvalue weighted by molar-refractivity contribution is 5.09. The summed E-state index contributed by atoms with van der Waals surface area (Å²) in [6.07, 6.45) is 1.02. The number of hydrogen-bond acceptors (Lipinski definition) is 4. The highest BCUT2D eigenvalue weighted by Crippen LogP contribution is 2.02. The summed E-state index contributed by atoms with van der Waals surface area (Å²) < 4.78 is 5.41. The Labute approximate surface area is 91.1 Å². The minimum absolute atomic E-state index is 0.506. The van der Waals surface area contributed by atoms with E-state index < -0.39 is 0 Å². The first-order valence-electron chi connectivity index (χ1n) is 5.32. The molecule has 4 heteroatoms. The van der Waals surface area contributed by atoms with Gasteiger partial charge in [-0.3, -0.25) is 0 Å². The lowest BCUT2D eigenvalue weighted by Gasteiger charge is -2.05. The molecule has 4 nitrogen and oxygen atoms in total. The van der Waals surface area contributed by atoms with Crippen molar-refractivity contribution in [3.63, 3.8) is 0 Å². The summed E-state index contributed by atoms with van der Waals surface area (Å²) >= 11 is 0. The Hall–Kier alpha value is -1.00. The maximum absolute atomic E-state index is 5.41. The molecular formula is C11H19N3O.